The van der Waals surface area contributed by atoms with Gasteiger partial charge in [0, 0.05) is 12.6 Å². The smallest absolute Gasteiger partial charge is 0.261 e. The van der Waals surface area contributed by atoms with Crippen molar-refractivity contribution < 1.29 is 23.8 Å². The molecule has 1 aliphatic rings. The van der Waals surface area contributed by atoms with Crippen LogP contribution >= 0.6 is 0 Å². The van der Waals surface area contributed by atoms with Crippen LogP contribution in [0, 0.1) is 0 Å². The van der Waals surface area contributed by atoms with Gasteiger partial charge >= 0.3 is 0 Å². The van der Waals surface area contributed by atoms with Crippen molar-refractivity contribution >= 4 is 11.8 Å². The zero-order valence-corrected chi connectivity index (χ0v) is 20.4. The van der Waals surface area contributed by atoms with Gasteiger partial charge in [0.25, 0.3) is 5.91 Å². The summed E-state index contributed by atoms with van der Waals surface area (Å²) in [4.78, 5) is 28.2. The van der Waals surface area contributed by atoms with Crippen LogP contribution in [0.25, 0.3) is 0 Å². The largest absolute Gasteiger partial charge is 0.497 e. The fourth-order valence-corrected chi connectivity index (χ4v) is 4.33. The molecule has 1 aliphatic carbocycles. The van der Waals surface area contributed by atoms with E-state index in [1.54, 1.807) is 43.4 Å². The highest BCUT2D eigenvalue weighted by molar-refractivity contribution is 5.88. The second kappa shape index (κ2) is 12.9. The highest BCUT2D eigenvalue weighted by atomic mass is 16.5. The first-order valence-corrected chi connectivity index (χ1v) is 12.0. The van der Waals surface area contributed by atoms with Gasteiger partial charge in [0.1, 0.15) is 23.3 Å². The van der Waals surface area contributed by atoms with E-state index in [1.165, 1.54) is 6.42 Å². The van der Waals surface area contributed by atoms with Gasteiger partial charge in [-0.25, -0.2) is 0 Å². The first-order valence-electron chi connectivity index (χ1n) is 12.0. The standard InChI is InChI=1S/C27H36N2O5/c1-4-25(27(31)28-21-10-6-5-7-11-21)29(18-20-9-8-12-24(17-20)33-3)26(30)19-34-23-15-13-22(32-2)14-16-23/h8-9,12-17,21,25H,4-7,10-11,18-19H2,1-3H3,(H,28,31). The molecule has 0 saturated heterocycles. The molecule has 1 N–H and O–H groups in total. The molecule has 3 rings (SSSR count). The van der Waals surface area contributed by atoms with Crippen LogP contribution in [0.3, 0.4) is 0 Å². The molecule has 1 atom stereocenters. The van der Waals surface area contributed by atoms with E-state index < -0.39 is 6.04 Å². The summed E-state index contributed by atoms with van der Waals surface area (Å²) in [6.07, 6.45) is 5.97. The number of nitrogens with zero attached hydrogens (tertiary/aromatic N) is 1. The quantitative estimate of drug-likeness (QED) is 0.531. The van der Waals surface area contributed by atoms with Crippen LogP contribution in [0.15, 0.2) is 48.5 Å². The normalized spacial score (nSPS) is 14.7. The molecule has 0 heterocycles. The summed E-state index contributed by atoms with van der Waals surface area (Å²) in [7, 11) is 3.20. The van der Waals surface area contributed by atoms with Crippen molar-refractivity contribution in [1.29, 1.82) is 0 Å². The number of ether oxygens (including phenoxy) is 3. The Balaban J connectivity index is 1.75. The number of methoxy groups -OCH3 is 2. The molecule has 34 heavy (non-hydrogen) atoms. The minimum Gasteiger partial charge on any atom is -0.497 e. The van der Waals surface area contributed by atoms with Crippen LogP contribution in [0.4, 0.5) is 0 Å². The average molecular weight is 469 g/mol. The van der Waals surface area contributed by atoms with Gasteiger partial charge in [-0.3, -0.25) is 9.59 Å². The molecule has 0 aliphatic heterocycles. The minimum absolute atomic E-state index is 0.102. The third-order valence-corrected chi connectivity index (χ3v) is 6.25. The molecule has 1 unspecified atom stereocenters. The Hall–Kier alpha value is -3.22. The van der Waals surface area contributed by atoms with Crippen molar-refractivity contribution in [2.24, 2.45) is 0 Å². The molecule has 2 aromatic carbocycles. The molecule has 0 radical (unpaired) electrons. The highest BCUT2D eigenvalue weighted by Gasteiger charge is 2.30. The molecule has 7 nitrogen and oxygen atoms in total. The number of carbonyl (C=O) groups excluding carboxylic acids is 2. The molecule has 7 heteroatoms. The zero-order valence-electron chi connectivity index (χ0n) is 20.4. The Labute approximate surface area is 202 Å². The summed E-state index contributed by atoms with van der Waals surface area (Å²) in [6.45, 7) is 2.06. The van der Waals surface area contributed by atoms with E-state index in [0.717, 1.165) is 31.2 Å². The third-order valence-electron chi connectivity index (χ3n) is 6.25. The number of nitrogens with one attached hydrogen (secondary N) is 1. The van der Waals surface area contributed by atoms with Gasteiger partial charge in [-0.05, 0) is 61.2 Å². The molecule has 2 aromatic rings. The lowest BCUT2D eigenvalue weighted by molar-refractivity contribution is -0.143. The first-order chi connectivity index (χ1) is 16.5. The van der Waals surface area contributed by atoms with Crippen LogP contribution in [-0.2, 0) is 16.1 Å². The molecule has 1 saturated carbocycles. The molecular weight excluding hydrogens is 432 g/mol. The maximum atomic E-state index is 13.4. The second-order valence-electron chi connectivity index (χ2n) is 8.60. The van der Waals surface area contributed by atoms with Crippen LogP contribution in [0.5, 0.6) is 17.2 Å². The van der Waals surface area contributed by atoms with Gasteiger partial charge in [0.05, 0.1) is 14.2 Å². The average Bonchev–Trinajstić information content (AvgIpc) is 2.88. The van der Waals surface area contributed by atoms with Crippen molar-refractivity contribution in [3.8, 4) is 17.2 Å². The lowest BCUT2D eigenvalue weighted by Crippen LogP contribution is -2.52. The van der Waals surface area contributed by atoms with E-state index in [1.807, 2.05) is 31.2 Å². The van der Waals surface area contributed by atoms with E-state index in [2.05, 4.69) is 5.32 Å². The number of rotatable bonds is 11. The number of amides is 2. The summed E-state index contributed by atoms with van der Waals surface area (Å²) in [5.41, 5.74) is 0.890. The molecule has 0 spiro atoms. The van der Waals surface area contributed by atoms with E-state index in [0.29, 0.717) is 30.2 Å². The Kier molecular flexibility index (Phi) is 9.62. The predicted molar refractivity (Wildman–Crippen MR) is 131 cm³/mol. The summed E-state index contributed by atoms with van der Waals surface area (Å²) < 4.78 is 16.3. The number of benzene rings is 2. The van der Waals surface area contributed by atoms with Gasteiger partial charge in [-0.2, -0.15) is 0 Å². The van der Waals surface area contributed by atoms with Gasteiger partial charge in [0.15, 0.2) is 6.61 Å². The van der Waals surface area contributed by atoms with Crippen LogP contribution in [0.1, 0.15) is 51.0 Å². The maximum absolute atomic E-state index is 13.4. The van der Waals surface area contributed by atoms with Gasteiger partial charge in [-0.15, -0.1) is 0 Å². The Morgan fingerprint density at radius 2 is 1.65 bits per heavy atom. The minimum atomic E-state index is -0.583. The third kappa shape index (κ3) is 7.14. The van der Waals surface area contributed by atoms with Crippen LogP contribution in [-0.4, -0.2) is 49.6 Å². The lowest BCUT2D eigenvalue weighted by Gasteiger charge is -2.32. The lowest BCUT2D eigenvalue weighted by atomic mass is 9.95. The van der Waals surface area contributed by atoms with E-state index in [4.69, 9.17) is 14.2 Å². The second-order valence-corrected chi connectivity index (χ2v) is 8.60. The van der Waals surface area contributed by atoms with Gasteiger partial charge in [0.2, 0.25) is 5.91 Å². The maximum Gasteiger partial charge on any atom is 0.261 e. The van der Waals surface area contributed by atoms with Crippen molar-refractivity contribution in [1.82, 2.24) is 10.2 Å². The van der Waals surface area contributed by atoms with E-state index >= 15 is 0 Å². The Morgan fingerprint density at radius 3 is 2.29 bits per heavy atom. The van der Waals surface area contributed by atoms with E-state index in [-0.39, 0.29) is 24.5 Å². The molecule has 1 fully saturated rings. The van der Waals surface area contributed by atoms with Crippen molar-refractivity contribution in [3.63, 3.8) is 0 Å². The molecule has 0 aromatic heterocycles. The zero-order chi connectivity index (χ0) is 24.3. The van der Waals surface area contributed by atoms with Crippen LogP contribution < -0.4 is 19.5 Å². The van der Waals surface area contributed by atoms with Crippen LogP contribution in [0.2, 0.25) is 0 Å². The highest BCUT2D eigenvalue weighted by Crippen LogP contribution is 2.21. The molecular formula is C27H36N2O5. The molecule has 184 valence electrons. The number of hydrogen-bond acceptors (Lipinski definition) is 5. The topological polar surface area (TPSA) is 77.1 Å². The number of hydrogen-bond donors (Lipinski definition) is 1. The summed E-state index contributed by atoms with van der Waals surface area (Å²) in [6, 6.07) is 14.2. The monoisotopic (exact) mass is 468 g/mol. The fraction of sp³-hybridized carbons (Fsp3) is 0.481. The first kappa shape index (κ1) is 25.4. The predicted octanol–water partition coefficient (Wildman–Crippen LogP) is 4.34. The summed E-state index contributed by atoms with van der Waals surface area (Å²) in [5, 5.41) is 3.19. The van der Waals surface area contributed by atoms with Gasteiger partial charge in [-0.1, -0.05) is 38.3 Å². The molecule has 2 amide bonds. The van der Waals surface area contributed by atoms with Crippen molar-refractivity contribution in [2.45, 2.75) is 64.1 Å². The summed E-state index contributed by atoms with van der Waals surface area (Å²) in [5.74, 6) is 1.64. The SMILES string of the molecule is CCC(C(=O)NC1CCCCC1)N(Cc1cccc(OC)c1)C(=O)COc1ccc(OC)cc1. The Morgan fingerprint density at radius 1 is 0.971 bits per heavy atom. The molecule has 0 bridgehead atoms. The number of carbonyl (C=O) groups is 2. The van der Waals surface area contributed by atoms with E-state index in [9.17, 15) is 9.59 Å². The van der Waals surface area contributed by atoms with Crippen molar-refractivity contribution in [2.75, 3.05) is 20.8 Å². The summed E-state index contributed by atoms with van der Waals surface area (Å²) >= 11 is 0. The Bertz CT molecular complexity index is 925. The fourth-order valence-electron chi connectivity index (χ4n) is 4.33. The van der Waals surface area contributed by atoms with Crippen molar-refractivity contribution in [3.05, 3.63) is 54.1 Å². The van der Waals surface area contributed by atoms with Gasteiger partial charge < -0.3 is 24.4 Å².